The highest BCUT2D eigenvalue weighted by Crippen LogP contribution is 2.29. The van der Waals surface area contributed by atoms with Gasteiger partial charge in [-0.05, 0) is 55.4 Å². The molecule has 0 aliphatic carbocycles. The SMILES string of the molecule is CCNC(c1cccc(C)n1)c1c(Br)cnn1C(C)C. The second-order valence-corrected chi connectivity index (χ2v) is 5.96. The molecule has 1 N–H and O–H groups in total. The van der Waals surface area contributed by atoms with E-state index in [0.29, 0.717) is 6.04 Å². The van der Waals surface area contributed by atoms with Gasteiger partial charge in [-0.15, -0.1) is 0 Å². The molecule has 2 aromatic heterocycles. The monoisotopic (exact) mass is 336 g/mol. The number of rotatable bonds is 5. The lowest BCUT2D eigenvalue weighted by Gasteiger charge is -2.21. The number of pyridine rings is 1. The highest BCUT2D eigenvalue weighted by molar-refractivity contribution is 9.10. The molecule has 4 nitrogen and oxygen atoms in total. The maximum atomic E-state index is 4.67. The molecule has 5 heteroatoms. The van der Waals surface area contributed by atoms with Crippen molar-refractivity contribution in [3.8, 4) is 0 Å². The fraction of sp³-hybridized carbons (Fsp3) is 0.467. The summed E-state index contributed by atoms with van der Waals surface area (Å²) in [6.07, 6.45) is 1.86. The molecule has 20 heavy (non-hydrogen) atoms. The van der Waals surface area contributed by atoms with Gasteiger partial charge in [0.2, 0.25) is 0 Å². The van der Waals surface area contributed by atoms with Gasteiger partial charge >= 0.3 is 0 Å². The van der Waals surface area contributed by atoms with Crippen LogP contribution < -0.4 is 5.32 Å². The van der Waals surface area contributed by atoms with E-state index < -0.39 is 0 Å². The van der Waals surface area contributed by atoms with E-state index in [0.717, 1.165) is 28.1 Å². The maximum absolute atomic E-state index is 4.67. The van der Waals surface area contributed by atoms with Gasteiger partial charge in [-0.2, -0.15) is 5.10 Å². The van der Waals surface area contributed by atoms with Crippen LogP contribution >= 0.6 is 15.9 Å². The Morgan fingerprint density at radius 3 is 2.70 bits per heavy atom. The van der Waals surface area contributed by atoms with Crippen molar-refractivity contribution in [2.45, 2.75) is 39.8 Å². The molecule has 2 heterocycles. The van der Waals surface area contributed by atoms with Gasteiger partial charge in [0.15, 0.2) is 0 Å². The van der Waals surface area contributed by atoms with Gasteiger partial charge in [0, 0.05) is 11.7 Å². The molecule has 1 atom stereocenters. The molecule has 2 aromatic rings. The largest absolute Gasteiger partial charge is 0.304 e. The number of nitrogens with one attached hydrogen (secondary N) is 1. The standard InChI is InChI=1S/C15H21BrN4/c1-5-17-14(13-8-6-7-11(4)19-13)15-12(16)9-18-20(15)10(2)3/h6-10,14,17H,5H2,1-4H3. The van der Waals surface area contributed by atoms with Crippen molar-refractivity contribution in [2.24, 2.45) is 0 Å². The van der Waals surface area contributed by atoms with Gasteiger partial charge in [0.25, 0.3) is 0 Å². The molecule has 0 aliphatic heterocycles. The molecule has 108 valence electrons. The van der Waals surface area contributed by atoms with Gasteiger partial charge in [0.1, 0.15) is 0 Å². The van der Waals surface area contributed by atoms with Crippen LogP contribution in [0.15, 0.2) is 28.9 Å². The van der Waals surface area contributed by atoms with E-state index in [9.17, 15) is 0 Å². The molecule has 0 bridgehead atoms. The molecule has 1 unspecified atom stereocenters. The molecule has 0 fully saturated rings. The van der Waals surface area contributed by atoms with E-state index in [1.807, 2.05) is 29.9 Å². The van der Waals surface area contributed by atoms with Crippen LogP contribution in [0.2, 0.25) is 0 Å². The van der Waals surface area contributed by atoms with Crippen molar-refractivity contribution in [3.63, 3.8) is 0 Å². The zero-order chi connectivity index (χ0) is 14.7. The number of hydrogen-bond acceptors (Lipinski definition) is 3. The summed E-state index contributed by atoms with van der Waals surface area (Å²) in [5.74, 6) is 0. The third-order valence-corrected chi connectivity index (χ3v) is 3.77. The number of halogens is 1. The Bertz CT molecular complexity index is 577. The molecule has 0 spiro atoms. The highest BCUT2D eigenvalue weighted by atomic mass is 79.9. The van der Waals surface area contributed by atoms with Gasteiger partial charge in [-0.1, -0.05) is 13.0 Å². The highest BCUT2D eigenvalue weighted by Gasteiger charge is 2.23. The quantitative estimate of drug-likeness (QED) is 0.906. The van der Waals surface area contributed by atoms with Crippen LogP contribution in [0, 0.1) is 6.92 Å². The van der Waals surface area contributed by atoms with E-state index in [-0.39, 0.29) is 6.04 Å². The van der Waals surface area contributed by atoms with Crippen LogP contribution in [0.25, 0.3) is 0 Å². The second kappa shape index (κ2) is 6.50. The molecular weight excluding hydrogens is 316 g/mol. The van der Waals surface area contributed by atoms with E-state index in [1.165, 1.54) is 0 Å². The molecule has 0 saturated carbocycles. The van der Waals surface area contributed by atoms with Gasteiger partial charge in [-0.3, -0.25) is 9.67 Å². The first kappa shape index (κ1) is 15.2. The predicted molar refractivity (Wildman–Crippen MR) is 84.8 cm³/mol. The Kier molecular flexibility index (Phi) is 4.94. The van der Waals surface area contributed by atoms with Crippen LogP contribution in [0.3, 0.4) is 0 Å². The van der Waals surface area contributed by atoms with E-state index >= 15 is 0 Å². The summed E-state index contributed by atoms with van der Waals surface area (Å²) in [7, 11) is 0. The Morgan fingerprint density at radius 2 is 2.10 bits per heavy atom. The normalized spacial score (nSPS) is 12.9. The summed E-state index contributed by atoms with van der Waals surface area (Å²) in [5.41, 5.74) is 3.17. The average molecular weight is 337 g/mol. The molecule has 0 aliphatic rings. The smallest absolute Gasteiger partial charge is 0.0933 e. The summed E-state index contributed by atoms with van der Waals surface area (Å²) in [4.78, 5) is 4.67. The number of aryl methyl sites for hydroxylation is 1. The van der Waals surface area contributed by atoms with Crippen molar-refractivity contribution >= 4 is 15.9 Å². The summed E-state index contributed by atoms with van der Waals surface area (Å²) in [5, 5.41) is 7.98. The molecule has 2 rings (SSSR count). The molecule has 0 radical (unpaired) electrons. The first-order chi connectivity index (χ1) is 9.54. The minimum Gasteiger partial charge on any atom is -0.304 e. The predicted octanol–water partition coefficient (Wildman–Crippen LogP) is 3.63. The fourth-order valence-electron chi connectivity index (χ4n) is 2.30. The Hall–Kier alpha value is -1.20. The lowest BCUT2D eigenvalue weighted by Crippen LogP contribution is -2.26. The summed E-state index contributed by atoms with van der Waals surface area (Å²) in [6, 6.07) is 6.47. The van der Waals surface area contributed by atoms with Crippen molar-refractivity contribution in [1.82, 2.24) is 20.1 Å². The zero-order valence-electron chi connectivity index (χ0n) is 12.4. The van der Waals surface area contributed by atoms with Crippen LogP contribution in [0.5, 0.6) is 0 Å². The van der Waals surface area contributed by atoms with Crippen molar-refractivity contribution < 1.29 is 0 Å². The molecule has 0 saturated heterocycles. The number of aromatic nitrogens is 3. The average Bonchev–Trinajstić information content (AvgIpc) is 2.78. The van der Waals surface area contributed by atoms with Crippen LogP contribution in [-0.2, 0) is 0 Å². The van der Waals surface area contributed by atoms with Crippen molar-refractivity contribution in [3.05, 3.63) is 46.0 Å². The van der Waals surface area contributed by atoms with Crippen LogP contribution in [0.1, 0.15) is 49.9 Å². The topological polar surface area (TPSA) is 42.7 Å². The number of hydrogen-bond donors (Lipinski definition) is 1. The fourth-order valence-corrected chi connectivity index (χ4v) is 2.80. The summed E-state index contributed by atoms with van der Waals surface area (Å²) < 4.78 is 3.06. The van der Waals surface area contributed by atoms with Gasteiger partial charge in [0.05, 0.1) is 28.1 Å². The third kappa shape index (κ3) is 3.10. The second-order valence-electron chi connectivity index (χ2n) is 5.11. The zero-order valence-corrected chi connectivity index (χ0v) is 14.0. The van der Waals surface area contributed by atoms with Crippen LogP contribution in [0.4, 0.5) is 0 Å². The van der Waals surface area contributed by atoms with Crippen molar-refractivity contribution in [2.75, 3.05) is 6.54 Å². The maximum Gasteiger partial charge on any atom is 0.0933 e. The Balaban J connectivity index is 2.51. The first-order valence-electron chi connectivity index (χ1n) is 6.94. The van der Waals surface area contributed by atoms with Gasteiger partial charge < -0.3 is 5.32 Å². The van der Waals surface area contributed by atoms with Gasteiger partial charge in [-0.25, -0.2) is 0 Å². The lowest BCUT2D eigenvalue weighted by molar-refractivity contribution is 0.471. The molecule has 0 amide bonds. The summed E-state index contributed by atoms with van der Waals surface area (Å²) >= 11 is 3.62. The van der Waals surface area contributed by atoms with E-state index in [2.05, 4.69) is 58.2 Å². The number of nitrogens with zero attached hydrogens (tertiary/aromatic N) is 3. The molecular formula is C15H21BrN4. The van der Waals surface area contributed by atoms with Crippen LogP contribution in [-0.4, -0.2) is 21.3 Å². The Labute approximate surface area is 128 Å². The first-order valence-corrected chi connectivity index (χ1v) is 7.73. The lowest BCUT2D eigenvalue weighted by atomic mass is 10.1. The minimum absolute atomic E-state index is 0.0409. The Morgan fingerprint density at radius 1 is 1.35 bits per heavy atom. The molecule has 0 aromatic carbocycles. The minimum atomic E-state index is 0.0409. The third-order valence-electron chi connectivity index (χ3n) is 3.16. The van der Waals surface area contributed by atoms with E-state index in [1.54, 1.807) is 0 Å². The van der Waals surface area contributed by atoms with E-state index in [4.69, 9.17) is 0 Å². The van der Waals surface area contributed by atoms with Crippen molar-refractivity contribution in [1.29, 1.82) is 0 Å². The summed E-state index contributed by atoms with van der Waals surface area (Å²) in [6.45, 7) is 9.26.